The van der Waals surface area contributed by atoms with Gasteiger partial charge in [0.1, 0.15) is 0 Å². The van der Waals surface area contributed by atoms with Crippen molar-refractivity contribution in [2.24, 2.45) is 11.7 Å². The van der Waals surface area contributed by atoms with Crippen LogP contribution in [-0.4, -0.2) is 18.6 Å². The lowest BCUT2D eigenvalue weighted by Gasteiger charge is -2.38. The SMILES string of the molecule is CCC(N)Cc1ccc(N2CCC(C)CC2C)c(Cl)c1. The van der Waals surface area contributed by atoms with Crippen LogP contribution < -0.4 is 10.6 Å². The molecule has 1 heterocycles. The number of nitrogens with two attached hydrogens (primary N) is 1. The zero-order valence-corrected chi connectivity index (χ0v) is 13.7. The molecule has 112 valence electrons. The third kappa shape index (κ3) is 3.67. The number of piperidine rings is 1. The van der Waals surface area contributed by atoms with Crippen molar-refractivity contribution in [1.82, 2.24) is 0 Å². The first kappa shape index (κ1) is 15.7. The van der Waals surface area contributed by atoms with Gasteiger partial charge < -0.3 is 10.6 Å². The molecular weight excluding hydrogens is 268 g/mol. The summed E-state index contributed by atoms with van der Waals surface area (Å²) in [6, 6.07) is 7.25. The van der Waals surface area contributed by atoms with Gasteiger partial charge in [-0.3, -0.25) is 0 Å². The minimum absolute atomic E-state index is 0.228. The van der Waals surface area contributed by atoms with E-state index in [4.69, 9.17) is 17.3 Å². The van der Waals surface area contributed by atoms with Gasteiger partial charge in [0, 0.05) is 18.6 Å². The van der Waals surface area contributed by atoms with E-state index in [1.807, 2.05) is 0 Å². The molecule has 0 radical (unpaired) electrons. The predicted octanol–water partition coefficient (Wildman–Crippen LogP) is 4.24. The van der Waals surface area contributed by atoms with Crippen molar-refractivity contribution in [3.63, 3.8) is 0 Å². The minimum Gasteiger partial charge on any atom is -0.368 e. The zero-order chi connectivity index (χ0) is 14.7. The van der Waals surface area contributed by atoms with E-state index in [0.717, 1.165) is 30.3 Å². The second kappa shape index (κ2) is 6.82. The smallest absolute Gasteiger partial charge is 0.0642 e. The average Bonchev–Trinajstić information content (AvgIpc) is 2.40. The first-order chi connectivity index (χ1) is 9.51. The summed E-state index contributed by atoms with van der Waals surface area (Å²) in [7, 11) is 0. The molecule has 2 N–H and O–H groups in total. The average molecular weight is 295 g/mol. The molecule has 0 bridgehead atoms. The lowest BCUT2D eigenvalue weighted by atomic mass is 9.92. The van der Waals surface area contributed by atoms with E-state index in [2.05, 4.69) is 43.9 Å². The third-order valence-electron chi connectivity index (χ3n) is 4.48. The third-order valence-corrected chi connectivity index (χ3v) is 4.78. The maximum atomic E-state index is 6.51. The number of benzene rings is 1. The van der Waals surface area contributed by atoms with Gasteiger partial charge in [-0.15, -0.1) is 0 Å². The molecule has 2 nitrogen and oxygen atoms in total. The molecule has 1 aliphatic heterocycles. The largest absolute Gasteiger partial charge is 0.368 e. The van der Waals surface area contributed by atoms with Crippen molar-refractivity contribution in [2.45, 2.75) is 58.5 Å². The van der Waals surface area contributed by atoms with Crippen LogP contribution in [0.1, 0.15) is 45.6 Å². The predicted molar refractivity (Wildman–Crippen MR) is 88.6 cm³/mol. The van der Waals surface area contributed by atoms with E-state index >= 15 is 0 Å². The summed E-state index contributed by atoms with van der Waals surface area (Å²) in [5.41, 5.74) is 8.44. The summed E-state index contributed by atoms with van der Waals surface area (Å²) in [4.78, 5) is 2.45. The molecule has 1 aromatic carbocycles. The molecule has 1 aromatic rings. The summed E-state index contributed by atoms with van der Waals surface area (Å²) < 4.78 is 0. The highest BCUT2D eigenvalue weighted by molar-refractivity contribution is 6.33. The Morgan fingerprint density at radius 1 is 1.40 bits per heavy atom. The van der Waals surface area contributed by atoms with Gasteiger partial charge in [0.25, 0.3) is 0 Å². The van der Waals surface area contributed by atoms with Crippen molar-refractivity contribution in [3.05, 3.63) is 28.8 Å². The van der Waals surface area contributed by atoms with Crippen molar-refractivity contribution in [2.75, 3.05) is 11.4 Å². The molecule has 20 heavy (non-hydrogen) atoms. The summed E-state index contributed by atoms with van der Waals surface area (Å²) in [6.45, 7) is 7.87. The topological polar surface area (TPSA) is 29.3 Å². The summed E-state index contributed by atoms with van der Waals surface area (Å²) in [5, 5.41) is 0.868. The van der Waals surface area contributed by atoms with Crippen molar-refractivity contribution < 1.29 is 0 Å². The zero-order valence-electron chi connectivity index (χ0n) is 12.9. The molecule has 3 atom stereocenters. The van der Waals surface area contributed by atoms with Gasteiger partial charge in [-0.25, -0.2) is 0 Å². The van der Waals surface area contributed by atoms with Crippen LogP contribution >= 0.6 is 11.6 Å². The number of rotatable bonds is 4. The molecular formula is C17H27ClN2. The maximum absolute atomic E-state index is 6.51. The number of hydrogen-bond acceptors (Lipinski definition) is 2. The Morgan fingerprint density at radius 2 is 2.15 bits per heavy atom. The van der Waals surface area contributed by atoms with Crippen LogP contribution in [-0.2, 0) is 6.42 Å². The fourth-order valence-corrected chi connectivity index (χ4v) is 3.43. The highest BCUT2D eigenvalue weighted by Gasteiger charge is 2.24. The Bertz CT molecular complexity index is 447. The monoisotopic (exact) mass is 294 g/mol. The Kier molecular flexibility index (Phi) is 5.34. The van der Waals surface area contributed by atoms with Crippen LogP contribution in [0.2, 0.25) is 5.02 Å². The molecule has 1 aliphatic rings. The van der Waals surface area contributed by atoms with Crippen LogP contribution in [0.4, 0.5) is 5.69 Å². The summed E-state index contributed by atoms with van der Waals surface area (Å²) in [6.07, 6.45) is 4.41. The second-order valence-corrected chi connectivity index (χ2v) is 6.74. The van der Waals surface area contributed by atoms with E-state index < -0.39 is 0 Å². The lowest BCUT2D eigenvalue weighted by molar-refractivity contribution is 0.378. The van der Waals surface area contributed by atoms with Crippen LogP contribution in [0.25, 0.3) is 0 Å². The highest BCUT2D eigenvalue weighted by Crippen LogP contribution is 2.33. The quantitative estimate of drug-likeness (QED) is 0.900. The Morgan fingerprint density at radius 3 is 2.75 bits per heavy atom. The van der Waals surface area contributed by atoms with Crippen LogP contribution in [0.3, 0.4) is 0 Å². The molecule has 1 saturated heterocycles. The highest BCUT2D eigenvalue weighted by atomic mass is 35.5. The van der Waals surface area contributed by atoms with Crippen LogP contribution in [0.15, 0.2) is 18.2 Å². The van der Waals surface area contributed by atoms with E-state index in [0.29, 0.717) is 6.04 Å². The van der Waals surface area contributed by atoms with Gasteiger partial charge >= 0.3 is 0 Å². The van der Waals surface area contributed by atoms with Crippen molar-refractivity contribution in [1.29, 1.82) is 0 Å². The van der Waals surface area contributed by atoms with Gasteiger partial charge in [-0.2, -0.15) is 0 Å². The van der Waals surface area contributed by atoms with Crippen LogP contribution in [0, 0.1) is 5.92 Å². The standard InChI is InChI=1S/C17H27ClN2/c1-4-15(19)10-14-5-6-17(16(18)11-14)20-8-7-12(2)9-13(20)3/h5-6,11-13,15H,4,7-10,19H2,1-3H3. The lowest BCUT2D eigenvalue weighted by Crippen LogP contribution is -2.40. The molecule has 0 spiro atoms. The Hall–Kier alpha value is -0.730. The summed E-state index contributed by atoms with van der Waals surface area (Å²) in [5.74, 6) is 0.821. The van der Waals surface area contributed by atoms with Crippen LogP contribution in [0.5, 0.6) is 0 Å². The molecule has 0 saturated carbocycles. The first-order valence-corrected chi connectivity index (χ1v) is 8.19. The van der Waals surface area contributed by atoms with Gasteiger partial charge in [-0.05, 0) is 56.2 Å². The van der Waals surface area contributed by atoms with E-state index in [1.54, 1.807) is 0 Å². The maximum Gasteiger partial charge on any atom is 0.0642 e. The second-order valence-electron chi connectivity index (χ2n) is 6.33. The van der Waals surface area contributed by atoms with Gasteiger partial charge in [0.2, 0.25) is 0 Å². The molecule has 3 heteroatoms. The molecule has 0 amide bonds. The first-order valence-electron chi connectivity index (χ1n) is 7.81. The van der Waals surface area contributed by atoms with E-state index in [-0.39, 0.29) is 6.04 Å². The minimum atomic E-state index is 0.228. The number of anilines is 1. The van der Waals surface area contributed by atoms with Gasteiger partial charge in [-0.1, -0.05) is 31.5 Å². The molecule has 2 rings (SSSR count). The number of hydrogen-bond donors (Lipinski definition) is 1. The van der Waals surface area contributed by atoms with Crippen molar-refractivity contribution >= 4 is 17.3 Å². The normalized spacial score (nSPS) is 24.8. The number of nitrogens with zero attached hydrogens (tertiary/aromatic N) is 1. The molecule has 0 aromatic heterocycles. The van der Waals surface area contributed by atoms with Crippen molar-refractivity contribution in [3.8, 4) is 0 Å². The van der Waals surface area contributed by atoms with E-state index in [1.165, 1.54) is 24.1 Å². The fourth-order valence-electron chi connectivity index (χ4n) is 3.12. The number of halogens is 1. The van der Waals surface area contributed by atoms with Gasteiger partial charge in [0.05, 0.1) is 10.7 Å². The summed E-state index contributed by atoms with van der Waals surface area (Å²) >= 11 is 6.51. The van der Waals surface area contributed by atoms with Gasteiger partial charge in [0.15, 0.2) is 0 Å². The van der Waals surface area contributed by atoms with E-state index in [9.17, 15) is 0 Å². The Balaban J connectivity index is 2.13. The fraction of sp³-hybridized carbons (Fsp3) is 0.647. The molecule has 0 aliphatic carbocycles. The molecule has 3 unspecified atom stereocenters. The molecule has 1 fully saturated rings. The Labute approximate surface area is 128 Å².